The highest BCUT2D eigenvalue weighted by atomic mass is 16.5. The van der Waals surface area contributed by atoms with E-state index in [1.807, 2.05) is 6.08 Å². The van der Waals surface area contributed by atoms with Crippen molar-refractivity contribution in [3.63, 3.8) is 0 Å². The monoisotopic (exact) mass is 886 g/mol. The van der Waals surface area contributed by atoms with Crippen molar-refractivity contribution >= 4 is 11.9 Å². The molecule has 6 heteroatoms. The third kappa shape index (κ3) is 44.9. The Morgan fingerprint density at radius 3 is 1.25 bits per heavy atom. The highest BCUT2D eigenvalue weighted by molar-refractivity contribution is 5.77. The summed E-state index contributed by atoms with van der Waals surface area (Å²) in [6.45, 7) is 6.20. The van der Waals surface area contributed by atoms with Crippen LogP contribution >= 0.6 is 0 Å². The molecule has 0 saturated heterocycles. The van der Waals surface area contributed by atoms with Gasteiger partial charge in [0.15, 0.2) is 0 Å². The fourth-order valence-electron chi connectivity index (χ4n) is 6.98. The summed E-state index contributed by atoms with van der Waals surface area (Å²) in [6, 6.07) is -0.742. The minimum atomic E-state index is -0.822. The quantitative estimate of drug-likeness (QED) is 0.0322. The van der Waals surface area contributed by atoms with Gasteiger partial charge in [-0.3, -0.25) is 9.59 Å². The van der Waals surface area contributed by atoms with Crippen LogP contribution in [0.25, 0.3) is 0 Å². The normalized spacial score (nSPS) is 14.3. The molecule has 0 aliphatic rings. The van der Waals surface area contributed by atoms with Gasteiger partial charge in [0, 0.05) is 6.42 Å². The lowest BCUT2D eigenvalue weighted by Gasteiger charge is -2.24. The molecule has 3 unspecified atom stereocenters. The summed E-state index contributed by atoms with van der Waals surface area (Å²) < 4.78 is 5.86. The first-order valence-electron chi connectivity index (χ1n) is 25.8. The second kappa shape index (κ2) is 50.3. The van der Waals surface area contributed by atoms with Crippen molar-refractivity contribution in [1.82, 2.24) is 5.32 Å². The lowest BCUT2D eigenvalue weighted by atomic mass is 10.0. The van der Waals surface area contributed by atoms with Gasteiger partial charge in [-0.05, 0) is 96.3 Å². The highest BCUT2D eigenvalue weighted by Gasteiger charge is 2.23. The third-order valence-electron chi connectivity index (χ3n) is 10.8. The van der Waals surface area contributed by atoms with Gasteiger partial charge in [0.25, 0.3) is 0 Å². The summed E-state index contributed by atoms with van der Waals surface area (Å²) in [5, 5.41) is 23.7. The van der Waals surface area contributed by atoms with Crippen LogP contribution in [-0.4, -0.2) is 46.9 Å². The van der Waals surface area contributed by atoms with Crippen molar-refractivity contribution in [1.29, 1.82) is 0 Å². The molecule has 64 heavy (non-hydrogen) atoms. The molecule has 0 bridgehead atoms. The molecule has 0 heterocycles. The lowest BCUT2D eigenvalue weighted by molar-refractivity contribution is -0.150. The highest BCUT2D eigenvalue weighted by Crippen LogP contribution is 2.16. The average Bonchev–Trinajstić information content (AvgIpc) is 3.29. The number of unbranched alkanes of at least 4 members (excludes halogenated alkanes) is 12. The molecule has 3 N–H and O–H groups in total. The van der Waals surface area contributed by atoms with Crippen LogP contribution in [0.1, 0.15) is 207 Å². The zero-order chi connectivity index (χ0) is 46.7. The number of nitrogens with one attached hydrogen (secondary N) is 1. The maximum atomic E-state index is 13.2. The summed E-state index contributed by atoms with van der Waals surface area (Å²) in [4.78, 5) is 26.1. The SMILES string of the molecule is CC/C=C\C/C=C\C/C=C\C/C=C\C/C=C\CCCC(CC(=O)NC(CO)C(O)CCCCCCCCCCCCCC)OC(=O)CC/C=C/C/C=C/C/C=C/C/C=C/C/C=C/CC. The van der Waals surface area contributed by atoms with Crippen molar-refractivity contribution in [2.75, 3.05) is 6.61 Å². The van der Waals surface area contributed by atoms with E-state index in [1.54, 1.807) is 0 Å². The second-order valence-electron chi connectivity index (χ2n) is 16.8. The molecule has 0 saturated carbocycles. The van der Waals surface area contributed by atoms with Gasteiger partial charge in [0.2, 0.25) is 5.91 Å². The summed E-state index contributed by atoms with van der Waals surface area (Å²) in [7, 11) is 0. The predicted molar refractivity (Wildman–Crippen MR) is 277 cm³/mol. The van der Waals surface area contributed by atoms with Gasteiger partial charge < -0.3 is 20.3 Å². The van der Waals surface area contributed by atoms with E-state index in [-0.39, 0.29) is 31.3 Å². The standard InChI is InChI=1S/C58H95NO5/c1-4-7-10-13-16-19-22-25-27-29-30-32-34-37-40-43-46-49-54(64-58(63)51-48-45-42-39-36-33-31-28-26-23-20-17-14-11-8-5-2)52-57(62)59-55(53-60)56(61)50-47-44-41-38-35-24-21-18-15-12-9-6-3/h7-8,10-11,16-17,19-20,25-28,30,32-33,36-37,40,42,45,54-56,60-61H,4-6,9,12-15,18,21-24,29,31,34-35,38-39,41,43-44,46-53H2,1-3H3,(H,59,62)/b10-7-,11-8+,19-16-,20-17+,27-25-,28-26+,32-30-,36-33+,40-37-,45-42+. The first kappa shape index (κ1) is 60.3. The van der Waals surface area contributed by atoms with Gasteiger partial charge in [-0.15, -0.1) is 0 Å². The molecule has 0 rings (SSSR count). The van der Waals surface area contributed by atoms with Gasteiger partial charge >= 0.3 is 5.97 Å². The molecule has 0 fully saturated rings. The number of carbonyl (C=O) groups is 2. The molecule has 362 valence electrons. The molecule has 0 aliphatic heterocycles. The minimum Gasteiger partial charge on any atom is -0.462 e. The van der Waals surface area contributed by atoms with Gasteiger partial charge in [-0.25, -0.2) is 0 Å². The molecule has 0 aliphatic carbocycles. The lowest BCUT2D eigenvalue weighted by Crippen LogP contribution is -2.46. The number of hydrogen-bond donors (Lipinski definition) is 3. The number of rotatable bonds is 44. The molecule has 6 nitrogen and oxygen atoms in total. The number of amides is 1. The molecule has 0 aromatic heterocycles. The Hall–Kier alpha value is -3.74. The Labute approximate surface area is 393 Å². The number of esters is 1. The fourth-order valence-corrected chi connectivity index (χ4v) is 6.98. The molecular weight excluding hydrogens is 791 g/mol. The van der Waals surface area contributed by atoms with Crippen LogP contribution in [0.3, 0.4) is 0 Å². The van der Waals surface area contributed by atoms with Crippen molar-refractivity contribution in [2.45, 2.75) is 225 Å². The zero-order valence-corrected chi connectivity index (χ0v) is 41.1. The van der Waals surface area contributed by atoms with Crippen molar-refractivity contribution in [3.05, 3.63) is 122 Å². The minimum absolute atomic E-state index is 0.000893. The summed E-state index contributed by atoms with van der Waals surface area (Å²) in [5.74, 6) is -0.641. The van der Waals surface area contributed by atoms with Crippen LogP contribution in [0.4, 0.5) is 0 Å². The number of aliphatic hydroxyl groups is 2. The number of carbonyl (C=O) groups excluding carboxylic acids is 2. The molecular formula is C58H95NO5. The van der Waals surface area contributed by atoms with Crippen LogP contribution in [0.2, 0.25) is 0 Å². The zero-order valence-electron chi connectivity index (χ0n) is 41.1. The Balaban J connectivity index is 4.85. The van der Waals surface area contributed by atoms with Gasteiger partial charge in [0.05, 0.1) is 25.2 Å². The van der Waals surface area contributed by atoms with Gasteiger partial charge in [0.1, 0.15) is 6.10 Å². The Morgan fingerprint density at radius 2 is 0.844 bits per heavy atom. The largest absolute Gasteiger partial charge is 0.462 e. The summed E-state index contributed by atoms with van der Waals surface area (Å²) >= 11 is 0. The third-order valence-corrected chi connectivity index (χ3v) is 10.8. The van der Waals surface area contributed by atoms with Crippen LogP contribution < -0.4 is 5.32 Å². The Morgan fingerprint density at radius 1 is 0.469 bits per heavy atom. The maximum absolute atomic E-state index is 13.2. The number of ether oxygens (including phenoxy) is 1. The second-order valence-corrected chi connectivity index (χ2v) is 16.8. The number of allylic oxidation sites excluding steroid dienone is 20. The summed E-state index contributed by atoms with van der Waals surface area (Å²) in [6.07, 6.45) is 69.8. The van der Waals surface area contributed by atoms with Crippen LogP contribution in [0.15, 0.2) is 122 Å². The van der Waals surface area contributed by atoms with Crippen LogP contribution in [0.5, 0.6) is 0 Å². The number of aliphatic hydroxyl groups excluding tert-OH is 2. The van der Waals surface area contributed by atoms with E-state index in [1.165, 1.54) is 57.8 Å². The summed E-state index contributed by atoms with van der Waals surface area (Å²) in [5.41, 5.74) is 0. The van der Waals surface area contributed by atoms with Gasteiger partial charge in [-0.2, -0.15) is 0 Å². The van der Waals surface area contributed by atoms with Crippen molar-refractivity contribution < 1.29 is 24.5 Å². The van der Waals surface area contributed by atoms with Crippen LogP contribution in [-0.2, 0) is 14.3 Å². The van der Waals surface area contributed by atoms with E-state index in [0.717, 1.165) is 96.3 Å². The van der Waals surface area contributed by atoms with E-state index < -0.39 is 18.2 Å². The predicted octanol–water partition coefficient (Wildman–Crippen LogP) is 15.7. The Kier molecular flexibility index (Phi) is 47.3. The number of hydrogen-bond acceptors (Lipinski definition) is 5. The molecule has 0 aromatic carbocycles. The van der Waals surface area contributed by atoms with Gasteiger partial charge in [-0.1, -0.05) is 219 Å². The van der Waals surface area contributed by atoms with E-state index in [4.69, 9.17) is 4.74 Å². The fraction of sp³-hybridized carbons (Fsp3) is 0.621. The van der Waals surface area contributed by atoms with E-state index in [0.29, 0.717) is 19.3 Å². The molecule has 0 spiro atoms. The molecule has 0 radical (unpaired) electrons. The first-order valence-corrected chi connectivity index (χ1v) is 25.8. The van der Waals surface area contributed by atoms with E-state index in [2.05, 4.69) is 142 Å². The van der Waals surface area contributed by atoms with Crippen molar-refractivity contribution in [3.8, 4) is 0 Å². The van der Waals surface area contributed by atoms with E-state index in [9.17, 15) is 19.8 Å². The average molecular weight is 886 g/mol. The molecule has 3 atom stereocenters. The smallest absolute Gasteiger partial charge is 0.306 e. The van der Waals surface area contributed by atoms with E-state index >= 15 is 0 Å². The topological polar surface area (TPSA) is 95.9 Å². The van der Waals surface area contributed by atoms with Crippen LogP contribution in [0, 0.1) is 0 Å². The van der Waals surface area contributed by atoms with Crippen molar-refractivity contribution in [2.24, 2.45) is 0 Å². The Bertz CT molecular complexity index is 1360. The molecule has 1 amide bonds. The maximum Gasteiger partial charge on any atom is 0.306 e. The molecule has 0 aromatic rings. The first-order chi connectivity index (χ1) is 31.5.